The maximum Gasteiger partial charge on any atom is 0.446 e. The number of nitrogens with zero attached hydrogens (tertiary/aromatic N) is 3. The summed E-state index contributed by atoms with van der Waals surface area (Å²) in [5.41, 5.74) is -3.99. The average Bonchev–Trinajstić information content (AvgIpc) is 3.62. The number of carbonyl (C=O) groups is 3. The van der Waals surface area contributed by atoms with Crippen LogP contribution in [-0.2, 0) is 11.3 Å². The highest BCUT2D eigenvalue weighted by Crippen LogP contribution is 2.50. The number of amides is 4. The summed E-state index contributed by atoms with van der Waals surface area (Å²) in [5.74, 6) is -0.840. The number of aromatic nitrogens is 1. The van der Waals surface area contributed by atoms with Crippen molar-refractivity contribution in [1.29, 1.82) is 0 Å². The van der Waals surface area contributed by atoms with E-state index in [9.17, 15) is 27.6 Å². The van der Waals surface area contributed by atoms with Crippen LogP contribution in [0.15, 0.2) is 71.9 Å². The number of hydrogen-bond acceptors (Lipinski definition) is 5. The minimum absolute atomic E-state index is 0.0246. The van der Waals surface area contributed by atoms with Crippen LogP contribution in [-0.4, -0.2) is 38.8 Å². The minimum Gasteiger partial charge on any atom is -0.320 e. The van der Waals surface area contributed by atoms with Crippen LogP contribution in [0.2, 0.25) is 5.02 Å². The third kappa shape index (κ3) is 5.01. The van der Waals surface area contributed by atoms with Gasteiger partial charge in [0.05, 0.1) is 24.1 Å². The molecular weight excluding hydrogens is 529 g/mol. The predicted molar refractivity (Wildman–Crippen MR) is 132 cm³/mol. The second-order valence-corrected chi connectivity index (χ2v) is 10.2. The van der Waals surface area contributed by atoms with Gasteiger partial charge in [0.1, 0.15) is 5.54 Å². The molecule has 0 unspecified atom stereocenters. The van der Waals surface area contributed by atoms with Gasteiger partial charge in [-0.2, -0.15) is 13.2 Å². The first kappa shape index (κ1) is 25.1. The lowest BCUT2D eigenvalue weighted by atomic mass is 10.1. The second kappa shape index (κ2) is 9.38. The van der Waals surface area contributed by atoms with Crippen molar-refractivity contribution in [2.75, 3.05) is 10.2 Å². The van der Waals surface area contributed by atoms with Crippen LogP contribution in [0.5, 0.6) is 0 Å². The van der Waals surface area contributed by atoms with Gasteiger partial charge in [0.15, 0.2) is 0 Å². The summed E-state index contributed by atoms with van der Waals surface area (Å²) in [5, 5.41) is 3.18. The van der Waals surface area contributed by atoms with Crippen LogP contribution >= 0.6 is 23.4 Å². The SMILES string of the molecule is O=C(Nc1cnccc1CN1C(=O)N(c2ccc(SC(F)(F)F)cc2)C(=O)C12CC2)c1cccc(Cl)c1. The Morgan fingerprint density at radius 3 is 2.49 bits per heavy atom. The molecule has 1 aliphatic heterocycles. The zero-order chi connectivity index (χ0) is 26.4. The highest BCUT2D eigenvalue weighted by molar-refractivity contribution is 8.00. The van der Waals surface area contributed by atoms with Gasteiger partial charge in [-0.15, -0.1) is 0 Å². The number of halogens is 4. The molecule has 5 rings (SSSR count). The Labute approximate surface area is 218 Å². The van der Waals surface area contributed by atoms with Gasteiger partial charge in [0.2, 0.25) is 0 Å². The summed E-state index contributed by atoms with van der Waals surface area (Å²) >= 11 is 5.71. The summed E-state index contributed by atoms with van der Waals surface area (Å²) in [6.07, 6.45) is 3.90. The molecule has 0 bridgehead atoms. The fraction of sp³-hybridized carbons (Fsp3) is 0.200. The molecule has 1 aliphatic carbocycles. The van der Waals surface area contributed by atoms with E-state index < -0.39 is 28.9 Å². The van der Waals surface area contributed by atoms with Gasteiger partial charge in [-0.1, -0.05) is 17.7 Å². The van der Waals surface area contributed by atoms with Crippen LogP contribution in [0.25, 0.3) is 0 Å². The topological polar surface area (TPSA) is 82.6 Å². The molecule has 7 nitrogen and oxygen atoms in total. The summed E-state index contributed by atoms with van der Waals surface area (Å²) in [6.45, 7) is 0.0246. The molecule has 2 fully saturated rings. The molecule has 0 atom stereocenters. The summed E-state index contributed by atoms with van der Waals surface area (Å²) in [6, 6.07) is 12.6. The molecule has 3 aromatic rings. The molecule has 190 valence electrons. The first-order valence-electron chi connectivity index (χ1n) is 11.1. The Morgan fingerprint density at radius 2 is 1.84 bits per heavy atom. The lowest BCUT2D eigenvalue weighted by Gasteiger charge is -2.22. The van der Waals surface area contributed by atoms with Crippen molar-refractivity contribution in [3.63, 3.8) is 0 Å². The van der Waals surface area contributed by atoms with E-state index in [-0.39, 0.29) is 28.9 Å². The van der Waals surface area contributed by atoms with E-state index in [0.717, 1.165) is 4.90 Å². The van der Waals surface area contributed by atoms with Gasteiger partial charge in [-0.05, 0) is 78.7 Å². The van der Waals surface area contributed by atoms with E-state index in [2.05, 4.69) is 10.3 Å². The molecule has 37 heavy (non-hydrogen) atoms. The lowest BCUT2D eigenvalue weighted by Crippen LogP contribution is -2.36. The number of rotatable bonds is 6. The number of carbonyl (C=O) groups excluding carboxylic acids is 3. The number of imide groups is 1. The highest BCUT2D eigenvalue weighted by Gasteiger charge is 2.65. The second-order valence-electron chi connectivity index (χ2n) is 8.58. The Balaban J connectivity index is 1.38. The van der Waals surface area contributed by atoms with Crippen LogP contribution in [0.3, 0.4) is 0 Å². The van der Waals surface area contributed by atoms with Crippen molar-refractivity contribution in [2.45, 2.75) is 35.3 Å². The van der Waals surface area contributed by atoms with Gasteiger partial charge in [0, 0.05) is 21.7 Å². The normalized spacial score (nSPS) is 16.4. The number of benzene rings is 2. The van der Waals surface area contributed by atoms with Gasteiger partial charge < -0.3 is 10.2 Å². The zero-order valence-electron chi connectivity index (χ0n) is 19.0. The number of thioether (sulfide) groups is 1. The van der Waals surface area contributed by atoms with E-state index >= 15 is 0 Å². The molecule has 0 radical (unpaired) electrons. The van der Waals surface area contributed by atoms with Crippen LogP contribution in [0, 0.1) is 0 Å². The van der Waals surface area contributed by atoms with E-state index in [4.69, 9.17) is 11.6 Å². The number of nitrogens with one attached hydrogen (secondary N) is 1. The van der Waals surface area contributed by atoms with Crippen LogP contribution in [0.1, 0.15) is 28.8 Å². The highest BCUT2D eigenvalue weighted by atomic mass is 35.5. The summed E-state index contributed by atoms with van der Waals surface area (Å²) < 4.78 is 38.0. The standard InChI is InChI=1S/C25H18ClF3N4O3S/c26-17-3-1-2-15(12-17)21(34)31-20-13-30-11-8-16(20)14-32-23(36)33(22(35)24(32)9-10-24)18-4-6-19(7-5-18)37-25(27,28)29/h1-8,11-13H,9-10,14H2,(H,31,34). The summed E-state index contributed by atoms with van der Waals surface area (Å²) in [7, 11) is 0. The summed E-state index contributed by atoms with van der Waals surface area (Å²) in [4.78, 5) is 45.9. The molecule has 1 saturated carbocycles. The fourth-order valence-corrected chi connectivity index (χ4v) is 4.96. The first-order chi connectivity index (χ1) is 17.6. The average molecular weight is 547 g/mol. The largest absolute Gasteiger partial charge is 0.446 e. The van der Waals surface area contributed by atoms with Gasteiger partial charge in [0.25, 0.3) is 11.8 Å². The minimum atomic E-state index is -4.44. The third-order valence-corrected chi connectivity index (χ3v) is 7.14. The molecule has 4 amide bonds. The molecule has 2 aliphatic rings. The van der Waals surface area contributed by atoms with Crippen LogP contribution < -0.4 is 10.2 Å². The molecule has 12 heteroatoms. The Morgan fingerprint density at radius 1 is 1.11 bits per heavy atom. The number of alkyl halides is 3. The Bertz CT molecular complexity index is 1400. The van der Waals surface area contributed by atoms with Gasteiger partial charge in [-0.25, -0.2) is 9.69 Å². The van der Waals surface area contributed by atoms with Crippen molar-refractivity contribution in [3.05, 3.63) is 83.1 Å². The first-order valence-corrected chi connectivity index (χ1v) is 12.3. The maximum absolute atomic E-state index is 13.4. The zero-order valence-corrected chi connectivity index (χ0v) is 20.5. The molecule has 1 spiro atoms. The van der Waals surface area contributed by atoms with Crippen molar-refractivity contribution in [3.8, 4) is 0 Å². The quantitative estimate of drug-likeness (QED) is 0.298. The maximum atomic E-state index is 13.4. The molecule has 1 N–H and O–H groups in total. The van der Waals surface area contributed by atoms with E-state index in [1.165, 1.54) is 47.6 Å². The third-order valence-electron chi connectivity index (χ3n) is 6.17. The predicted octanol–water partition coefficient (Wildman–Crippen LogP) is 6.10. The smallest absolute Gasteiger partial charge is 0.320 e. The molecule has 2 aromatic carbocycles. The van der Waals surface area contributed by atoms with Crippen molar-refractivity contribution in [1.82, 2.24) is 9.88 Å². The molecule has 2 heterocycles. The number of pyridine rings is 1. The van der Waals surface area contributed by atoms with E-state index in [0.29, 0.717) is 34.7 Å². The monoisotopic (exact) mass is 546 g/mol. The fourth-order valence-electron chi connectivity index (χ4n) is 4.23. The lowest BCUT2D eigenvalue weighted by molar-refractivity contribution is -0.120. The van der Waals surface area contributed by atoms with E-state index in [1.54, 1.807) is 24.3 Å². The number of hydrogen-bond donors (Lipinski definition) is 1. The molecule has 1 aromatic heterocycles. The number of anilines is 2. The molecule has 1 saturated heterocycles. The molecular formula is C25H18ClF3N4O3S. The van der Waals surface area contributed by atoms with Crippen molar-refractivity contribution in [2.24, 2.45) is 0 Å². The Kier molecular flexibility index (Phi) is 6.36. The Hall–Kier alpha value is -3.57. The van der Waals surface area contributed by atoms with Crippen molar-refractivity contribution >= 4 is 52.6 Å². The van der Waals surface area contributed by atoms with Crippen molar-refractivity contribution < 1.29 is 27.6 Å². The number of urea groups is 1. The van der Waals surface area contributed by atoms with Gasteiger partial charge >= 0.3 is 11.5 Å². The van der Waals surface area contributed by atoms with Gasteiger partial charge in [-0.3, -0.25) is 14.6 Å². The van der Waals surface area contributed by atoms with Crippen LogP contribution in [0.4, 0.5) is 29.3 Å². The van der Waals surface area contributed by atoms with E-state index in [1.807, 2.05) is 0 Å².